The molecule has 8 heteroatoms. The molecule has 0 saturated carbocycles. The highest BCUT2D eigenvalue weighted by atomic mass is 35.5. The molecule has 2 aromatic heterocycles. The van der Waals surface area contributed by atoms with Gasteiger partial charge in [0.2, 0.25) is 0 Å². The Morgan fingerprint density at radius 2 is 1.82 bits per heavy atom. The zero-order chi connectivity index (χ0) is 28.3. The first kappa shape index (κ1) is 27.3. The summed E-state index contributed by atoms with van der Waals surface area (Å²) in [6.45, 7) is 8.57. The number of terminal acetylenes is 1. The summed E-state index contributed by atoms with van der Waals surface area (Å²) in [4.78, 5) is 8.98. The summed E-state index contributed by atoms with van der Waals surface area (Å²) < 4.78 is 0. The number of hydrogen-bond donors (Lipinski definition) is 4. The van der Waals surface area contributed by atoms with E-state index in [1.54, 1.807) is 12.4 Å². The minimum Gasteiger partial charge on any atom is -0.377 e. The van der Waals surface area contributed by atoms with Gasteiger partial charge in [0.05, 0.1) is 39.6 Å². The molecule has 0 saturated heterocycles. The first-order valence-corrected chi connectivity index (χ1v) is 13.8. The lowest BCUT2D eigenvalue weighted by Gasteiger charge is -2.30. The van der Waals surface area contributed by atoms with E-state index < -0.39 is 0 Å². The van der Waals surface area contributed by atoms with Crippen molar-refractivity contribution < 1.29 is 0 Å². The Morgan fingerprint density at radius 3 is 2.48 bits per heavy atom. The van der Waals surface area contributed by atoms with Crippen molar-refractivity contribution in [1.29, 1.82) is 0 Å². The summed E-state index contributed by atoms with van der Waals surface area (Å²) in [7, 11) is 0. The normalized spacial score (nSPS) is 14.7. The van der Waals surface area contributed by atoms with Crippen LogP contribution in [-0.4, -0.2) is 20.5 Å². The second kappa shape index (κ2) is 11.5. The van der Waals surface area contributed by atoms with Crippen molar-refractivity contribution in [2.75, 3.05) is 10.6 Å². The van der Waals surface area contributed by atoms with E-state index in [0.29, 0.717) is 16.1 Å². The van der Waals surface area contributed by atoms with Crippen molar-refractivity contribution in [1.82, 2.24) is 25.9 Å². The molecule has 1 aliphatic rings. The molecule has 0 spiro atoms. The molecule has 1 aliphatic heterocycles. The second-order valence-corrected chi connectivity index (χ2v) is 11.2. The molecule has 0 bridgehead atoms. The first-order valence-electron chi connectivity index (χ1n) is 13.4. The highest BCUT2D eigenvalue weighted by molar-refractivity contribution is 6.35. The molecule has 0 unspecified atom stereocenters. The van der Waals surface area contributed by atoms with Crippen molar-refractivity contribution in [3.05, 3.63) is 107 Å². The Kier molecular flexibility index (Phi) is 7.83. The average molecular weight is 552 g/mol. The number of rotatable bonds is 8. The number of aromatic nitrogens is 2. The van der Waals surface area contributed by atoms with Crippen LogP contribution in [0.2, 0.25) is 5.02 Å². The number of hydrogen-bond acceptors (Lipinski definition) is 7. The highest BCUT2D eigenvalue weighted by Gasteiger charge is 2.28. The van der Waals surface area contributed by atoms with E-state index in [4.69, 9.17) is 18.0 Å². The number of pyridine rings is 2. The molecule has 0 fully saturated rings. The number of nitrogens with one attached hydrogen (secondary N) is 4. The van der Waals surface area contributed by atoms with E-state index in [1.165, 1.54) is 5.56 Å². The highest BCUT2D eigenvalue weighted by Crippen LogP contribution is 2.37. The lowest BCUT2D eigenvalue weighted by molar-refractivity contribution is 0.138. The topological polar surface area (TPSA) is 77.1 Å². The predicted molar refractivity (Wildman–Crippen MR) is 164 cm³/mol. The maximum Gasteiger partial charge on any atom is 0.0959 e. The van der Waals surface area contributed by atoms with Crippen LogP contribution in [0.4, 0.5) is 11.4 Å². The van der Waals surface area contributed by atoms with E-state index in [-0.39, 0.29) is 17.6 Å². The Hall–Kier alpha value is -4.25. The van der Waals surface area contributed by atoms with Gasteiger partial charge in [-0.25, -0.2) is 0 Å². The number of fused-ring (bicyclic) bond motifs is 1. The minimum absolute atomic E-state index is 0.0692. The molecule has 7 nitrogen and oxygen atoms in total. The zero-order valence-electron chi connectivity index (χ0n) is 23.2. The predicted octanol–water partition coefficient (Wildman–Crippen LogP) is 6.95. The van der Waals surface area contributed by atoms with Gasteiger partial charge in [0, 0.05) is 41.4 Å². The summed E-state index contributed by atoms with van der Waals surface area (Å²) in [5.41, 5.74) is 12.6. The Bertz CT molecular complexity index is 1560. The van der Waals surface area contributed by atoms with Gasteiger partial charge in [-0.2, -0.15) is 0 Å². The molecule has 40 heavy (non-hydrogen) atoms. The molecular weight excluding hydrogens is 518 g/mol. The largest absolute Gasteiger partial charge is 0.377 e. The van der Waals surface area contributed by atoms with Crippen LogP contribution in [0.1, 0.15) is 62.9 Å². The molecule has 5 rings (SSSR count). The molecule has 4 aromatic rings. The first-order chi connectivity index (χ1) is 19.3. The fraction of sp³-hybridized carbons (Fsp3) is 0.250. The molecule has 0 radical (unpaired) electrons. The SMILES string of the molecule is C#Cc1cnc2c(Cl)cc(N[C@H](C3=CN(C(C)(C)C)NN3)c3cccnc3)cc2c1N[C@H](CC)c1ccccc1. The van der Waals surface area contributed by atoms with Gasteiger partial charge in [0.15, 0.2) is 0 Å². The van der Waals surface area contributed by atoms with E-state index in [1.807, 2.05) is 47.6 Å². The summed E-state index contributed by atoms with van der Waals surface area (Å²) in [6.07, 6.45) is 14.2. The summed E-state index contributed by atoms with van der Waals surface area (Å²) >= 11 is 6.84. The van der Waals surface area contributed by atoms with Crippen LogP contribution < -0.4 is 21.6 Å². The van der Waals surface area contributed by atoms with E-state index in [2.05, 4.69) is 89.6 Å². The van der Waals surface area contributed by atoms with Crippen LogP contribution in [0.25, 0.3) is 10.9 Å². The van der Waals surface area contributed by atoms with Crippen LogP contribution >= 0.6 is 11.6 Å². The molecule has 4 N–H and O–H groups in total. The maximum absolute atomic E-state index is 6.84. The lowest BCUT2D eigenvalue weighted by Crippen LogP contribution is -2.47. The van der Waals surface area contributed by atoms with E-state index in [0.717, 1.165) is 34.4 Å². The van der Waals surface area contributed by atoms with Crippen LogP contribution in [0.3, 0.4) is 0 Å². The number of nitrogens with zero attached hydrogens (tertiary/aromatic N) is 3. The molecule has 0 aliphatic carbocycles. The molecular formula is C32H34ClN7. The van der Waals surface area contributed by atoms with Crippen molar-refractivity contribution in [2.24, 2.45) is 0 Å². The minimum atomic E-state index is -0.227. The van der Waals surface area contributed by atoms with E-state index in [9.17, 15) is 0 Å². The van der Waals surface area contributed by atoms with Gasteiger partial charge in [0.25, 0.3) is 0 Å². The van der Waals surface area contributed by atoms with Crippen LogP contribution in [-0.2, 0) is 0 Å². The fourth-order valence-corrected chi connectivity index (χ4v) is 5.05. The van der Waals surface area contributed by atoms with Gasteiger partial charge in [-0.1, -0.05) is 60.8 Å². The number of hydrazine groups is 2. The average Bonchev–Trinajstić information content (AvgIpc) is 3.46. The molecule has 0 amide bonds. The van der Waals surface area contributed by atoms with Gasteiger partial charge < -0.3 is 16.1 Å². The van der Waals surface area contributed by atoms with Gasteiger partial charge in [0.1, 0.15) is 0 Å². The lowest BCUT2D eigenvalue weighted by atomic mass is 10.0. The van der Waals surface area contributed by atoms with Crippen molar-refractivity contribution in [3.63, 3.8) is 0 Å². The Labute approximate surface area is 241 Å². The molecule has 2 atom stereocenters. The smallest absolute Gasteiger partial charge is 0.0959 e. The summed E-state index contributed by atoms with van der Waals surface area (Å²) in [5.74, 6) is 2.81. The Morgan fingerprint density at radius 1 is 1.05 bits per heavy atom. The summed E-state index contributed by atoms with van der Waals surface area (Å²) in [6, 6.07) is 18.1. The molecule has 3 heterocycles. The third-order valence-electron chi connectivity index (χ3n) is 6.96. The molecule has 204 valence electrons. The third-order valence-corrected chi connectivity index (χ3v) is 7.25. The van der Waals surface area contributed by atoms with Gasteiger partial charge in [-0.15, -0.1) is 12.0 Å². The number of anilines is 2. The Balaban J connectivity index is 1.58. The third kappa shape index (κ3) is 5.69. The number of halogens is 1. The molecule has 2 aromatic carbocycles. The maximum atomic E-state index is 6.84. The zero-order valence-corrected chi connectivity index (χ0v) is 23.9. The number of benzene rings is 2. The quantitative estimate of drug-likeness (QED) is 0.177. The van der Waals surface area contributed by atoms with Crippen LogP contribution in [0.15, 0.2) is 85.1 Å². The van der Waals surface area contributed by atoms with Crippen molar-refractivity contribution in [3.8, 4) is 12.3 Å². The standard InChI is InChI=1S/C32H34ClN7/c1-6-21-19-35-31-25(29(21)37-27(7-2)22-12-9-8-10-13-22)16-24(17-26(31)33)36-30(23-14-11-15-34-18-23)28-20-40(39-38-28)32(3,4)5/h1,8-20,27,30,36,38-39H,7H2,2-5H3,(H,35,37)/t27-,30+/m1/s1. The summed E-state index contributed by atoms with van der Waals surface area (Å²) in [5, 5.41) is 10.8. The van der Waals surface area contributed by atoms with Crippen molar-refractivity contribution >= 4 is 33.9 Å². The van der Waals surface area contributed by atoms with Crippen LogP contribution in [0, 0.1) is 12.3 Å². The van der Waals surface area contributed by atoms with Crippen LogP contribution in [0.5, 0.6) is 0 Å². The van der Waals surface area contributed by atoms with Gasteiger partial charge >= 0.3 is 0 Å². The van der Waals surface area contributed by atoms with Crippen molar-refractivity contribution in [2.45, 2.75) is 51.7 Å². The second-order valence-electron chi connectivity index (χ2n) is 10.8. The monoisotopic (exact) mass is 551 g/mol. The van der Waals surface area contributed by atoms with Gasteiger partial charge in [-0.3, -0.25) is 15.0 Å². The fourth-order valence-electron chi connectivity index (χ4n) is 4.78. The van der Waals surface area contributed by atoms with Gasteiger partial charge in [-0.05, 0) is 56.5 Å². The van der Waals surface area contributed by atoms with E-state index >= 15 is 0 Å².